The fraction of sp³-hybridized carbons (Fsp3) is 0.387. The van der Waals surface area contributed by atoms with Crippen molar-refractivity contribution in [3.05, 3.63) is 155 Å². The Labute approximate surface area is 540 Å². The third kappa shape index (κ3) is 16.9. The molecule has 484 valence electrons. The van der Waals surface area contributed by atoms with Gasteiger partial charge < -0.3 is 37.8 Å². The van der Waals surface area contributed by atoms with Crippen molar-refractivity contribution in [2.45, 2.75) is 149 Å². The second kappa shape index (κ2) is 31.9. The van der Waals surface area contributed by atoms with E-state index >= 15 is 0 Å². The molecule has 0 N–H and O–H groups in total. The first-order valence-electron chi connectivity index (χ1n) is 32.5. The number of aromatic nitrogens is 2. The number of carbonyl (C=O) groups is 8. The summed E-state index contributed by atoms with van der Waals surface area (Å²) in [6, 6.07) is 35.1. The van der Waals surface area contributed by atoms with E-state index in [2.05, 4.69) is 19.4 Å². The lowest BCUT2D eigenvalue weighted by atomic mass is 9.95. The highest BCUT2D eigenvalue weighted by Gasteiger charge is 2.27. The van der Waals surface area contributed by atoms with Gasteiger partial charge in [0.1, 0.15) is 22.9 Å². The van der Waals surface area contributed by atoms with Crippen LogP contribution in [0, 0.1) is 11.8 Å². The van der Waals surface area contributed by atoms with Crippen LogP contribution in [0.3, 0.4) is 0 Å². The summed E-state index contributed by atoms with van der Waals surface area (Å²) in [4.78, 5) is 115. The Morgan fingerprint density at radius 2 is 0.731 bits per heavy atom. The number of rotatable bonds is 32. The summed E-state index contributed by atoms with van der Waals surface area (Å²) in [7, 11) is 3.32. The van der Waals surface area contributed by atoms with Crippen molar-refractivity contribution in [1.29, 1.82) is 0 Å². The fourth-order valence-electron chi connectivity index (χ4n) is 13.0. The van der Waals surface area contributed by atoms with Crippen LogP contribution in [0.25, 0.3) is 43.6 Å². The lowest BCUT2D eigenvalue weighted by molar-refractivity contribution is -0.141. The molecule has 0 amide bonds. The second-order valence-corrected chi connectivity index (χ2v) is 24.5. The van der Waals surface area contributed by atoms with Crippen LogP contribution in [0.2, 0.25) is 0 Å². The standard InChI is InChI=1S/C75H80N4O14/c1-48(80)92-76-64(42-50-16-10-11-17-50)74(86)56-28-36-68-62(46-56)60-44-54(26-34-66(60)78(68)38-14-40-88-3)72(84)52-22-30-58(31-23-52)90-70(82)20-8-6-5-7-9-21-71(83)91-59-32-24-53(25-33-59)73(85)55-27-35-67-61(45-55)63-47-57(29-37-69(63)79(67)39-15-41-89-4)75(87)65(77-93-49(2)81)43-51-18-12-13-19-51/h22-37,44-47,50-51H,5-21,38-43H2,1-4H3/b76-64+,77-65+. The van der Waals surface area contributed by atoms with Gasteiger partial charge in [0.25, 0.3) is 0 Å². The lowest BCUT2D eigenvalue weighted by Crippen LogP contribution is -2.19. The Morgan fingerprint density at radius 3 is 1.08 bits per heavy atom. The van der Waals surface area contributed by atoms with Gasteiger partial charge in [-0.05, 0) is 172 Å². The van der Waals surface area contributed by atoms with Crippen molar-refractivity contribution in [1.82, 2.24) is 9.13 Å². The first-order valence-corrected chi connectivity index (χ1v) is 32.5. The van der Waals surface area contributed by atoms with Gasteiger partial charge in [-0.2, -0.15) is 0 Å². The number of carbonyl (C=O) groups excluding carboxylic acids is 8. The number of methoxy groups -OCH3 is 2. The number of oxime groups is 2. The van der Waals surface area contributed by atoms with E-state index in [0.29, 0.717) is 96.9 Å². The number of ether oxygens (including phenoxy) is 4. The van der Waals surface area contributed by atoms with E-state index in [0.717, 1.165) is 127 Å². The molecule has 6 aromatic carbocycles. The number of nitrogens with zero attached hydrogens (tertiary/aromatic N) is 4. The number of ketones is 4. The van der Waals surface area contributed by atoms with Gasteiger partial charge in [-0.25, -0.2) is 9.59 Å². The third-order valence-electron chi connectivity index (χ3n) is 17.7. The smallest absolute Gasteiger partial charge is 0.331 e. The van der Waals surface area contributed by atoms with Gasteiger partial charge in [0.15, 0.2) is 11.6 Å². The summed E-state index contributed by atoms with van der Waals surface area (Å²) < 4.78 is 26.3. The first-order chi connectivity index (χ1) is 45.2. The topological polar surface area (TPSA) is 227 Å². The number of hydrogen-bond donors (Lipinski definition) is 0. The number of esters is 2. The largest absolute Gasteiger partial charge is 0.427 e. The Balaban J connectivity index is 0.689. The molecule has 2 fully saturated rings. The van der Waals surface area contributed by atoms with Crippen LogP contribution in [0.5, 0.6) is 11.5 Å². The summed E-state index contributed by atoms with van der Waals surface area (Å²) in [6.45, 7) is 4.91. The molecule has 18 heteroatoms. The number of fused-ring (bicyclic) bond motifs is 6. The highest BCUT2D eigenvalue weighted by Crippen LogP contribution is 2.36. The minimum absolute atomic E-state index is 0.199. The average Bonchev–Trinajstić information content (AvgIpc) is 1.65. The van der Waals surface area contributed by atoms with E-state index in [-0.39, 0.29) is 59.2 Å². The molecule has 93 heavy (non-hydrogen) atoms. The molecule has 0 radical (unpaired) electrons. The van der Waals surface area contributed by atoms with Gasteiger partial charge in [0, 0.05) is 144 Å². The molecule has 0 saturated heterocycles. The second-order valence-electron chi connectivity index (χ2n) is 24.5. The van der Waals surface area contributed by atoms with Crippen LogP contribution < -0.4 is 9.47 Å². The number of unbranched alkanes of at least 4 members (excludes halogenated alkanes) is 4. The fourth-order valence-corrected chi connectivity index (χ4v) is 13.0. The summed E-state index contributed by atoms with van der Waals surface area (Å²) in [5, 5.41) is 11.2. The highest BCUT2D eigenvalue weighted by atomic mass is 16.7. The maximum absolute atomic E-state index is 14.0. The lowest BCUT2D eigenvalue weighted by Gasteiger charge is -2.11. The average molecular weight is 1260 g/mol. The SMILES string of the molecule is COCCCn1c2ccc(C(=O)/C(CC3CCCC3)=N/OC(C)=O)cc2c2cc(C(=O)c3ccc(OC(=O)CCCCCCCC(=O)Oc4ccc(C(=O)c5ccc6c(c5)c5cc(C(=O)/C(CC7CCCC7)=N/OC(C)=O)ccc5n6CCCOC)cc4)cc3)ccc21. The van der Waals surface area contributed by atoms with Crippen molar-refractivity contribution >= 4 is 102 Å². The van der Waals surface area contributed by atoms with E-state index in [1.807, 2.05) is 48.5 Å². The molecule has 2 aliphatic carbocycles. The molecule has 0 unspecified atom stereocenters. The van der Waals surface area contributed by atoms with E-state index in [4.69, 9.17) is 28.6 Å². The molecule has 0 aliphatic heterocycles. The van der Waals surface area contributed by atoms with Crippen LogP contribution >= 0.6 is 0 Å². The third-order valence-corrected chi connectivity index (χ3v) is 17.7. The van der Waals surface area contributed by atoms with E-state index in [1.54, 1.807) is 87.0 Å². The van der Waals surface area contributed by atoms with Crippen LogP contribution in [0.4, 0.5) is 0 Å². The maximum Gasteiger partial charge on any atom is 0.331 e. The molecular formula is C75H80N4O14. The van der Waals surface area contributed by atoms with E-state index < -0.39 is 23.9 Å². The van der Waals surface area contributed by atoms with Crippen LogP contribution in [0.1, 0.15) is 188 Å². The van der Waals surface area contributed by atoms with Crippen molar-refractivity contribution in [2.75, 3.05) is 27.4 Å². The molecule has 2 saturated carbocycles. The predicted molar refractivity (Wildman–Crippen MR) is 355 cm³/mol. The molecule has 0 spiro atoms. The van der Waals surface area contributed by atoms with E-state index in [9.17, 15) is 38.4 Å². The molecule has 2 aliphatic rings. The van der Waals surface area contributed by atoms with Crippen molar-refractivity contribution in [3.63, 3.8) is 0 Å². The quantitative estimate of drug-likeness (QED) is 0.00727. The van der Waals surface area contributed by atoms with Gasteiger partial charge in [-0.1, -0.05) is 80.9 Å². The van der Waals surface area contributed by atoms with Crippen molar-refractivity contribution in [2.24, 2.45) is 22.1 Å². The van der Waals surface area contributed by atoms with Gasteiger partial charge in [-0.15, -0.1) is 0 Å². The highest BCUT2D eigenvalue weighted by molar-refractivity contribution is 6.47. The summed E-state index contributed by atoms with van der Waals surface area (Å²) in [5.41, 5.74) is 6.53. The molecule has 10 rings (SSSR count). The van der Waals surface area contributed by atoms with Crippen LogP contribution in [-0.2, 0) is 51.4 Å². The molecule has 0 bridgehead atoms. The Hall–Kier alpha value is -9.26. The zero-order valence-electron chi connectivity index (χ0n) is 53.5. The molecule has 8 aromatic rings. The minimum atomic E-state index is -0.598. The number of aryl methyl sites for hydroxylation is 2. The zero-order chi connectivity index (χ0) is 65.4. The Bertz CT molecular complexity index is 3880. The molecule has 0 atom stereocenters. The van der Waals surface area contributed by atoms with E-state index in [1.165, 1.54) is 13.8 Å². The van der Waals surface area contributed by atoms with Gasteiger partial charge >= 0.3 is 23.9 Å². The number of benzene rings is 6. The van der Waals surface area contributed by atoms with Gasteiger partial charge in [-0.3, -0.25) is 28.8 Å². The molecule has 2 heterocycles. The predicted octanol–water partition coefficient (Wildman–Crippen LogP) is 15.0. The van der Waals surface area contributed by atoms with Gasteiger partial charge in [0.05, 0.1) is 0 Å². The van der Waals surface area contributed by atoms with Crippen molar-refractivity contribution in [3.8, 4) is 11.5 Å². The first kappa shape index (κ1) is 66.7. The number of Topliss-reactive ketones (excluding diaryl/α,β-unsaturated/α-hetero) is 2. The normalized spacial score (nSPS) is 13.9. The van der Waals surface area contributed by atoms with Crippen LogP contribution in [0.15, 0.2) is 132 Å². The summed E-state index contributed by atoms with van der Waals surface area (Å²) in [6.07, 6.45) is 14.5. The molecular weight excluding hydrogens is 1180 g/mol. The minimum Gasteiger partial charge on any atom is -0.427 e. The molecule has 2 aromatic heterocycles. The zero-order valence-corrected chi connectivity index (χ0v) is 53.5. The van der Waals surface area contributed by atoms with Gasteiger partial charge in [0.2, 0.25) is 11.6 Å². The molecule has 18 nitrogen and oxygen atoms in total. The summed E-state index contributed by atoms with van der Waals surface area (Å²) >= 11 is 0. The Morgan fingerprint density at radius 1 is 0.409 bits per heavy atom. The summed E-state index contributed by atoms with van der Waals surface area (Å²) in [5.74, 6) is -1.83. The maximum atomic E-state index is 14.0. The monoisotopic (exact) mass is 1260 g/mol. The Kier molecular flexibility index (Phi) is 22.8. The van der Waals surface area contributed by atoms with Crippen molar-refractivity contribution < 1.29 is 67.0 Å². The number of hydrogen-bond acceptors (Lipinski definition) is 16. The van der Waals surface area contributed by atoms with Crippen LogP contribution in [-0.4, -0.2) is 95.0 Å².